The van der Waals surface area contributed by atoms with Gasteiger partial charge in [0, 0.05) is 12.4 Å². The fraction of sp³-hybridized carbons (Fsp3) is 0.0909. The van der Waals surface area contributed by atoms with E-state index in [9.17, 15) is 9.90 Å². The van der Waals surface area contributed by atoms with Crippen LogP contribution in [0, 0.1) is 0 Å². The van der Waals surface area contributed by atoms with Crippen molar-refractivity contribution in [3.63, 3.8) is 0 Å². The minimum atomic E-state index is -1.16. The maximum Gasteiger partial charge on any atom is 0.116 e. The van der Waals surface area contributed by atoms with Crippen molar-refractivity contribution in [2.45, 2.75) is 6.04 Å². The molecular weight excluding hydrogens is 192 g/mol. The van der Waals surface area contributed by atoms with Crippen molar-refractivity contribution in [2.75, 3.05) is 0 Å². The van der Waals surface area contributed by atoms with Gasteiger partial charge in [-0.05, 0) is 11.6 Å². The number of carbonyl (C=O) groups excluding carboxylic acids is 1. The van der Waals surface area contributed by atoms with E-state index in [4.69, 9.17) is 0 Å². The van der Waals surface area contributed by atoms with Crippen LogP contribution in [-0.4, -0.2) is 15.7 Å². The first-order valence-corrected chi connectivity index (χ1v) is 4.54. The largest absolute Gasteiger partial charge is 0.547 e. The molecule has 15 heavy (non-hydrogen) atoms. The Labute approximate surface area is 86.8 Å². The van der Waals surface area contributed by atoms with E-state index in [0.29, 0.717) is 5.56 Å². The second-order valence-electron chi connectivity index (χ2n) is 3.12. The van der Waals surface area contributed by atoms with Gasteiger partial charge in [-0.2, -0.15) is 5.10 Å². The van der Waals surface area contributed by atoms with Crippen molar-refractivity contribution in [3.8, 4) is 0 Å². The zero-order valence-corrected chi connectivity index (χ0v) is 7.91. The summed E-state index contributed by atoms with van der Waals surface area (Å²) >= 11 is 0. The molecule has 1 unspecified atom stereocenters. The van der Waals surface area contributed by atoms with E-state index < -0.39 is 12.0 Å². The van der Waals surface area contributed by atoms with E-state index in [2.05, 4.69) is 5.10 Å². The van der Waals surface area contributed by atoms with Crippen molar-refractivity contribution in [3.05, 3.63) is 54.4 Å². The molecule has 4 heteroatoms. The summed E-state index contributed by atoms with van der Waals surface area (Å²) in [5, 5.41) is 14.9. The average molecular weight is 201 g/mol. The van der Waals surface area contributed by atoms with Crippen molar-refractivity contribution < 1.29 is 9.90 Å². The summed E-state index contributed by atoms with van der Waals surface area (Å²) in [5.41, 5.74) is 0.654. The van der Waals surface area contributed by atoms with Crippen molar-refractivity contribution >= 4 is 5.97 Å². The SMILES string of the molecule is O=C([O-])C(c1ccccc1)n1cccn1. The number of hydrogen-bond donors (Lipinski definition) is 0. The van der Waals surface area contributed by atoms with Gasteiger partial charge in [-0.1, -0.05) is 30.3 Å². The van der Waals surface area contributed by atoms with E-state index in [1.54, 1.807) is 42.7 Å². The number of benzene rings is 1. The van der Waals surface area contributed by atoms with Crippen LogP contribution in [0.15, 0.2) is 48.8 Å². The Morgan fingerprint density at radius 3 is 2.53 bits per heavy atom. The van der Waals surface area contributed by atoms with E-state index in [1.165, 1.54) is 4.68 Å². The van der Waals surface area contributed by atoms with Crippen LogP contribution in [-0.2, 0) is 4.79 Å². The van der Waals surface area contributed by atoms with Crippen LogP contribution >= 0.6 is 0 Å². The van der Waals surface area contributed by atoms with Gasteiger partial charge in [0.05, 0.1) is 5.97 Å². The van der Waals surface area contributed by atoms with E-state index in [1.807, 2.05) is 6.07 Å². The first-order valence-electron chi connectivity index (χ1n) is 4.54. The van der Waals surface area contributed by atoms with Crippen LogP contribution in [0.25, 0.3) is 0 Å². The molecular formula is C11H9N2O2-. The first kappa shape index (κ1) is 9.45. The second kappa shape index (κ2) is 3.96. The summed E-state index contributed by atoms with van der Waals surface area (Å²) in [6.45, 7) is 0. The third-order valence-electron chi connectivity index (χ3n) is 2.13. The van der Waals surface area contributed by atoms with Crippen LogP contribution in [0.1, 0.15) is 11.6 Å². The maximum absolute atomic E-state index is 11.0. The van der Waals surface area contributed by atoms with Crippen molar-refractivity contribution in [1.29, 1.82) is 0 Å². The molecule has 1 aromatic carbocycles. The minimum Gasteiger partial charge on any atom is -0.547 e. The molecule has 1 atom stereocenters. The molecule has 1 heterocycles. The number of aliphatic carboxylic acids is 1. The standard InChI is InChI=1S/C11H10N2O2/c14-11(15)10(13-8-4-7-12-13)9-5-2-1-3-6-9/h1-8,10H,(H,14,15)/p-1. The molecule has 0 aliphatic heterocycles. The predicted molar refractivity (Wildman–Crippen MR) is 51.8 cm³/mol. The molecule has 0 fully saturated rings. The Hall–Kier alpha value is -2.10. The lowest BCUT2D eigenvalue weighted by Crippen LogP contribution is -2.34. The zero-order valence-electron chi connectivity index (χ0n) is 7.91. The molecule has 2 rings (SSSR count). The quantitative estimate of drug-likeness (QED) is 0.713. The molecule has 0 spiro atoms. The summed E-state index contributed by atoms with van der Waals surface area (Å²) in [5.74, 6) is -1.16. The molecule has 0 N–H and O–H groups in total. The Morgan fingerprint density at radius 1 is 1.27 bits per heavy atom. The Kier molecular flexibility index (Phi) is 2.49. The third-order valence-corrected chi connectivity index (χ3v) is 2.13. The molecule has 0 saturated heterocycles. The summed E-state index contributed by atoms with van der Waals surface area (Å²) in [4.78, 5) is 11.0. The lowest BCUT2D eigenvalue weighted by atomic mass is 10.1. The van der Waals surface area contributed by atoms with Gasteiger partial charge in [0.25, 0.3) is 0 Å². The number of carboxylic acids is 1. The van der Waals surface area contributed by atoms with Crippen LogP contribution in [0.3, 0.4) is 0 Å². The molecule has 1 aromatic heterocycles. The molecule has 0 saturated carbocycles. The summed E-state index contributed by atoms with van der Waals surface area (Å²) in [6.07, 6.45) is 3.15. The molecule has 2 aromatic rings. The van der Waals surface area contributed by atoms with Gasteiger partial charge in [0.1, 0.15) is 6.04 Å². The van der Waals surface area contributed by atoms with Gasteiger partial charge in [-0.25, -0.2) is 0 Å². The Balaban J connectivity index is 2.42. The number of rotatable bonds is 3. The monoisotopic (exact) mass is 201 g/mol. The van der Waals surface area contributed by atoms with Crippen molar-refractivity contribution in [2.24, 2.45) is 0 Å². The molecule has 0 aliphatic rings. The normalized spacial score (nSPS) is 12.3. The van der Waals surface area contributed by atoms with Crippen LogP contribution in [0.4, 0.5) is 0 Å². The molecule has 76 valence electrons. The average Bonchev–Trinajstić information content (AvgIpc) is 2.72. The highest BCUT2D eigenvalue weighted by molar-refractivity contribution is 5.73. The number of carboxylic acid groups (broad SMARTS) is 1. The van der Waals surface area contributed by atoms with Gasteiger partial charge < -0.3 is 9.90 Å². The van der Waals surface area contributed by atoms with E-state index in [0.717, 1.165) is 0 Å². The highest BCUT2D eigenvalue weighted by Gasteiger charge is 2.14. The lowest BCUT2D eigenvalue weighted by molar-refractivity contribution is -0.309. The number of hydrogen-bond acceptors (Lipinski definition) is 3. The predicted octanol–water partition coefficient (Wildman–Crippen LogP) is 0.222. The van der Waals surface area contributed by atoms with Crippen LogP contribution in [0.5, 0.6) is 0 Å². The summed E-state index contributed by atoms with van der Waals surface area (Å²) in [7, 11) is 0. The highest BCUT2D eigenvalue weighted by atomic mass is 16.4. The van der Waals surface area contributed by atoms with Gasteiger partial charge >= 0.3 is 0 Å². The number of nitrogens with zero attached hydrogens (tertiary/aromatic N) is 2. The fourth-order valence-electron chi connectivity index (χ4n) is 1.47. The molecule has 0 radical (unpaired) electrons. The van der Waals surface area contributed by atoms with Gasteiger partial charge in [-0.15, -0.1) is 0 Å². The summed E-state index contributed by atoms with van der Waals surface area (Å²) < 4.78 is 1.37. The van der Waals surface area contributed by atoms with E-state index in [-0.39, 0.29) is 0 Å². The minimum absolute atomic E-state index is 0.654. The molecule has 4 nitrogen and oxygen atoms in total. The second-order valence-corrected chi connectivity index (χ2v) is 3.12. The topological polar surface area (TPSA) is 57.9 Å². The fourth-order valence-corrected chi connectivity index (χ4v) is 1.47. The zero-order chi connectivity index (χ0) is 10.7. The Morgan fingerprint density at radius 2 is 2.00 bits per heavy atom. The van der Waals surface area contributed by atoms with Crippen molar-refractivity contribution in [1.82, 2.24) is 9.78 Å². The highest BCUT2D eigenvalue weighted by Crippen LogP contribution is 2.15. The van der Waals surface area contributed by atoms with Crippen LogP contribution < -0.4 is 5.11 Å². The first-order chi connectivity index (χ1) is 7.29. The third kappa shape index (κ3) is 1.88. The van der Waals surface area contributed by atoms with Gasteiger partial charge in [-0.3, -0.25) is 4.68 Å². The smallest absolute Gasteiger partial charge is 0.116 e. The Bertz CT molecular complexity index is 437. The summed E-state index contributed by atoms with van der Waals surface area (Å²) in [6, 6.07) is 9.70. The maximum atomic E-state index is 11.0. The lowest BCUT2D eigenvalue weighted by Gasteiger charge is -2.18. The number of aromatic nitrogens is 2. The number of carbonyl (C=O) groups is 1. The molecule has 0 aliphatic carbocycles. The van der Waals surface area contributed by atoms with Gasteiger partial charge in [0.2, 0.25) is 0 Å². The van der Waals surface area contributed by atoms with Crippen LogP contribution in [0.2, 0.25) is 0 Å². The van der Waals surface area contributed by atoms with Gasteiger partial charge in [0.15, 0.2) is 0 Å². The van der Waals surface area contributed by atoms with E-state index >= 15 is 0 Å². The molecule has 0 bridgehead atoms. The molecule has 0 amide bonds.